The van der Waals surface area contributed by atoms with E-state index in [0.29, 0.717) is 5.56 Å². The van der Waals surface area contributed by atoms with E-state index in [1.165, 1.54) is 19.2 Å². The molecule has 0 radical (unpaired) electrons. The summed E-state index contributed by atoms with van der Waals surface area (Å²) in [4.78, 5) is 36.1. The molecule has 0 bridgehead atoms. The standard InChI is InChI=1S/C22H25N3O8/c1-4-30-18(27)9-16-20(22(28)31-5-2)19(13(10-23)21(25)33-16)12-6-7-14(15(8-12)29-3)32-11-17(24)26/h6-8,19H,4-5,9,11,25H2,1-3H3,(H2,24,26)/t19-/m1/s1. The van der Waals surface area contributed by atoms with Gasteiger partial charge in [0.15, 0.2) is 18.1 Å². The average molecular weight is 459 g/mol. The lowest BCUT2D eigenvalue weighted by molar-refractivity contribution is -0.143. The minimum atomic E-state index is -1.02. The molecule has 176 valence electrons. The fraction of sp³-hybridized carbons (Fsp3) is 0.364. The van der Waals surface area contributed by atoms with Gasteiger partial charge in [-0.25, -0.2) is 4.79 Å². The molecule has 2 rings (SSSR count). The summed E-state index contributed by atoms with van der Waals surface area (Å²) in [6.07, 6.45) is -0.394. The van der Waals surface area contributed by atoms with Crippen LogP contribution in [0, 0.1) is 11.3 Å². The van der Waals surface area contributed by atoms with Gasteiger partial charge in [-0.15, -0.1) is 0 Å². The van der Waals surface area contributed by atoms with Gasteiger partial charge in [-0.2, -0.15) is 5.26 Å². The minimum Gasteiger partial charge on any atom is -0.493 e. The molecule has 1 amide bonds. The molecule has 0 aromatic heterocycles. The van der Waals surface area contributed by atoms with E-state index >= 15 is 0 Å². The highest BCUT2D eigenvalue weighted by Crippen LogP contribution is 2.43. The van der Waals surface area contributed by atoms with Crippen LogP contribution in [0.1, 0.15) is 31.7 Å². The van der Waals surface area contributed by atoms with Gasteiger partial charge in [0, 0.05) is 0 Å². The third-order valence-corrected chi connectivity index (χ3v) is 4.49. The van der Waals surface area contributed by atoms with Gasteiger partial charge in [-0.05, 0) is 31.5 Å². The fourth-order valence-corrected chi connectivity index (χ4v) is 3.19. The molecule has 11 heteroatoms. The van der Waals surface area contributed by atoms with Crippen LogP contribution in [0.3, 0.4) is 0 Å². The maximum Gasteiger partial charge on any atom is 0.338 e. The van der Waals surface area contributed by atoms with Crippen molar-refractivity contribution in [1.29, 1.82) is 5.26 Å². The first-order valence-electron chi connectivity index (χ1n) is 9.99. The number of carbonyl (C=O) groups excluding carboxylic acids is 3. The van der Waals surface area contributed by atoms with E-state index in [1.807, 2.05) is 6.07 Å². The van der Waals surface area contributed by atoms with Crippen molar-refractivity contribution in [3.63, 3.8) is 0 Å². The molecule has 0 spiro atoms. The van der Waals surface area contributed by atoms with Crippen molar-refractivity contribution in [2.45, 2.75) is 26.2 Å². The summed E-state index contributed by atoms with van der Waals surface area (Å²) in [7, 11) is 1.38. The number of hydrogen-bond donors (Lipinski definition) is 2. The monoisotopic (exact) mass is 459 g/mol. The summed E-state index contributed by atoms with van der Waals surface area (Å²) in [5, 5.41) is 9.76. The Morgan fingerprint density at radius 2 is 1.85 bits per heavy atom. The van der Waals surface area contributed by atoms with Gasteiger partial charge >= 0.3 is 11.9 Å². The van der Waals surface area contributed by atoms with Gasteiger partial charge in [0.25, 0.3) is 5.91 Å². The first-order valence-corrected chi connectivity index (χ1v) is 9.99. The second kappa shape index (κ2) is 11.4. The van der Waals surface area contributed by atoms with Gasteiger partial charge in [-0.1, -0.05) is 6.07 Å². The highest BCUT2D eigenvalue weighted by molar-refractivity contribution is 5.93. The number of esters is 2. The van der Waals surface area contributed by atoms with Crippen LogP contribution in [-0.2, 0) is 28.6 Å². The molecule has 0 saturated carbocycles. The quantitative estimate of drug-likeness (QED) is 0.483. The number of amides is 1. The Hall–Kier alpha value is -4.20. The van der Waals surface area contributed by atoms with Gasteiger partial charge in [0.2, 0.25) is 5.88 Å². The Morgan fingerprint density at radius 3 is 2.42 bits per heavy atom. The summed E-state index contributed by atoms with van der Waals surface area (Å²) in [6, 6.07) is 6.52. The van der Waals surface area contributed by atoms with Crippen LogP contribution in [0.2, 0.25) is 0 Å². The third-order valence-electron chi connectivity index (χ3n) is 4.49. The number of primary amides is 1. The molecule has 1 aromatic carbocycles. The van der Waals surface area contributed by atoms with Gasteiger partial charge in [-0.3, -0.25) is 9.59 Å². The summed E-state index contributed by atoms with van der Waals surface area (Å²) in [5.41, 5.74) is 11.4. The topological polar surface area (TPSA) is 173 Å². The molecule has 0 unspecified atom stereocenters. The Labute approximate surface area is 190 Å². The minimum absolute atomic E-state index is 0.0477. The average Bonchev–Trinajstić information content (AvgIpc) is 2.77. The van der Waals surface area contributed by atoms with Crippen LogP contribution >= 0.6 is 0 Å². The fourth-order valence-electron chi connectivity index (χ4n) is 3.19. The summed E-state index contributed by atoms with van der Waals surface area (Å²) in [5.74, 6) is -3.04. The van der Waals surface area contributed by atoms with E-state index in [0.717, 1.165) is 0 Å². The van der Waals surface area contributed by atoms with Crippen molar-refractivity contribution in [2.24, 2.45) is 11.5 Å². The van der Waals surface area contributed by atoms with Crippen LogP contribution in [-0.4, -0.2) is 44.8 Å². The molecule has 0 saturated heterocycles. The normalized spacial score (nSPS) is 15.3. The first kappa shape index (κ1) is 25.1. The summed E-state index contributed by atoms with van der Waals surface area (Å²) < 4.78 is 26.3. The molecule has 1 heterocycles. The van der Waals surface area contributed by atoms with Gasteiger partial charge in [0.1, 0.15) is 23.8 Å². The van der Waals surface area contributed by atoms with Crippen LogP contribution in [0.4, 0.5) is 0 Å². The number of ether oxygens (including phenoxy) is 5. The molecule has 1 aliphatic rings. The number of rotatable bonds is 10. The van der Waals surface area contributed by atoms with Crippen LogP contribution < -0.4 is 20.9 Å². The van der Waals surface area contributed by atoms with E-state index in [4.69, 9.17) is 35.2 Å². The van der Waals surface area contributed by atoms with Gasteiger partial charge < -0.3 is 35.2 Å². The van der Waals surface area contributed by atoms with E-state index in [9.17, 15) is 19.6 Å². The summed E-state index contributed by atoms with van der Waals surface area (Å²) >= 11 is 0. The Bertz CT molecular complexity index is 1040. The molecular formula is C22H25N3O8. The molecule has 1 aliphatic heterocycles. The number of benzene rings is 1. The van der Waals surface area contributed by atoms with Crippen LogP contribution in [0.15, 0.2) is 41.0 Å². The van der Waals surface area contributed by atoms with Crippen molar-refractivity contribution >= 4 is 17.8 Å². The highest BCUT2D eigenvalue weighted by Gasteiger charge is 2.38. The molecule has 11 nitrogen and oxygen atoms in total. The Morgan fingerprint density at radius 1 is 1.15 bits per heavy atom. The van der Waals surface area contributed by atoms with Crippen molar-refractivity contribution in [3.8, 4) is 17.6 Å². The lowest BCUT2D eigenvalue weighted by Crippen LogP contribution is -2.27. The zero-order chi connectivity index (χ0) is 24.5. The predicted molar refractivity (Wildman–Crippen MR) is 113 cm³/mol. The molecule has 1 atom stereocenters. The SMILES string of the molecule is CCOC(=O)CC1=C(C(=O)OCC)[C@H](c2ccc(OCC(N)=O)c(OC)c2)C(C#N)=C(N)O1. The van der Waals surface area contributed by atoms with Gasteiger partial charge in [0.05, 0.1) is 31.8 Å². The molecule has 1 aromatic rings. The largest absolute Gasteiger partial charge is 0.493 e. The molecule has 33 heavy (non-hydrogen) atoms. The lowest BCUT2D eigenvalue weighted by Gasteiger charge is -2.28. The lowest BCUT2D eigenvalue weighted by atomic mass is 9.82. The smallest absolute Gasteiger partial charge is 0.338 e. The zero-order valence-electron chi connectivity index (χ0n) is 18.5. The maximum absolute atomic E-state index is 12.9. The second-order valence-electron chi connectivity index (χ2n) is 6.63. The number of nitrogens with two attached hydrogens (primary N) is 2. The maximum atomic E-state index is 12.9. The molecule has 0 fully saturated rings. The van der Waals surface area contributed by atoms with Crippen molar-refractivity contribution in [3.05, 3.63) is 46.6 Å². The van der Waals surface area contributed by atoms with Crippen molar-refractivity contribution in [2.75, 3.05) is 26.9 Å². The second-order valence-corrected chi connectivity index (χ2v) is 6.63. The molecular weight excluding hydrogens is 434 g/mol. The molecule has 4 N–H and O–H groups in total. The van der Waals surface area contributed by atoms with E-state index in [1.54, 1.807) is 19.9 Å². The predicted octanol–water partition coefficient (Wildman–Crippen LogP) is 1.14. The van der Waals surface area contributed by atoms with E-state index in [2.05, 4.69) is 0 Å². The Kier molecular flexibility index (Phi) is 8.68. The van der Waals surface area contributed by atoms with Crippen LogP contribution in [0.5, 0.6) is 11.5 Å². The Balaban J connectivity index is 2.65. The zero-order valence-corrected chi connectivity index (χ0v) is 18.5. The highest BCUT2D eigenvalue weighted by atomic mass is 16.5. The van der Waals surface area contributed by atoms with Crippen molar-refractivity contribution < 1.29 is 38.1 Å². The number of hydrogen-bond acceptors (Lipinski definition) is 10. The molecule has 0 aliphatic carbocycles. The van der Waals surface area contributed by atoms with Crippen LogP contribution in [0.25, 0.3) is 0 Å². The van der Waals surface area contributed by atoms with E-state index in [-0.39, 0.29) is 54.1 Å². The van der Waals surface area contributed by atoms with Crippen molar-refractivity contribution in [1.82, 2.24) is 0 Å². The number of allylic oxidation sites excluding steroid dienone is 1. The number of methoxy groups -OCH3 is 1. The number of nitriles is 1. The van der Waals surface area contributed by atoms with E-state index < -0.39 is 30.2 Å². The third kappa shape index (κ3) is 5.94. The number of carbonyl (C=O) groups is 3. The first-order chi connectivity index (χ1) is 15.8. The number of nitrogens with zero attached hydrogens (tertiary/aromatic N) is 1. The summed E-state index contributed by atoms with van der Waals surface area (Å²) in [6.45, 7) is 3.06.